The van der Waals surface area contributed by atoms with Crippen LogP contribution in [0.25, 0.3) is 0 Å². The summed E-state index contributed by atoms with van der Waals surface area (Å²) < 4.78 is 87.9. The predicted octanol–water partition coefficient (Wildman–Crippen LogP) is 4.48. The van der Waals surface area contributed by atoms with Crippen molar-refractivity contribution in [3.05, 3.63) is 70.3 Å². The van der Waals surface area contributed by atoms with E-state index in [-0.39, 0.29) is 30.4 Å². The van der Waals surface area contributed by atoms with Gasteiger partial charge in [0.05, 0.1) is 0 Å². The molecule has 0 radical (unpaired) electrons. The minimum Gasteiger partial charge on any atom is -0.461 e. The van der Waals surface area contributed by atoms with Gasteiger partial charge in [-0.1, -0.05) is 0 Å². The van der Waals surface area contributed by atoms with E-state index in [0.29, 0.717) is 24.3 Å². The van der Waals surface area contributed by atoms with Crippen molar-refractivity contribution in [3.8, 4) is 0 Å². The van der Waals surface area contributed by atoms with Gasteiger partial charge in [0, 0.05) is 36.1 Å². The summed E-state index contributed by atoms with van der Waals surface area (Å²) >= 11 is 0. The molecule has 10 heteroatoms. The lowest BCUT2D eigenvalue weighted by atomic mass is 10.2. The molecule has 0 aromatic heterocycles. The van der Waals surface area contributed by atoms with Crippen molar-refractivity contribution in [2.45, 2.75) is 32.5 Å². The van der Waals surface area contributed by atoms with Crippen LogP contribution in [0.1, 0.15) is 30.4 Å². The first-order valence-corrected chi connectivity index (χ1v) is 8.25. The lowest BCUT2D eigenvalue weighted by molar-refractivity contribution is -0.146. The van der Waals surface area contributed by atoms with Crippen LogP contribution in [0.15, 0.2) is 24.3 Å². The molecule has 0 aliphatic rings. The second-order valence-corrected chi connectivity index (χ2v) is 5.89. The zero-order valence-electron chi connectivity index (χ0n) is 14.7. The maximum atomic E-state index is 13.4. The summed E-state index contributed by atoms with van der Waals surface area (Å²) in [4.78, 5) is 23.1. The molecule has 0 unspecified atom stereocenters. The lowest BCUT2D eigenvalue weighted by Crippen LogP contribution is -2.09. The molecule has 0 heterocycles. The van der Waals surface area contributed by atoms with Crippen LogP contribution in [0.2, 0.25) is 0 Å². The Labute approximate surface area is 161 Å². The molecule has 0 atom stereocenters. The first kappa shape index (κ1) is 22.3. The van der Waals surface area contributed by atoms with Crippen LogP contribution in [-0.2, 0) is 32.3 Å². The summed E-state index contributed by atoms with van der Waals surface area (Å²) in [5, 5.41) is 0. The van der Waals surface area contributed by atoms with E-state index in [1.807, 2.05) is 0 Å². The van der Waals surface area contributed by atoms with E-state index in [4.69, 9.17) is 9.47 Å². The second-order valence-electron chi connectivity index (χ2n) is 5.89. The molecule has 0 aliphatic carbocycles. The molecule has 29 heavy (non-hydrogen) atoms. The normalized spacial score (nSPS) is 10.7. The maximum absolute atomic E-state index is 13.4. The van der Waals surface area contributed by atoms with Gasteiger partial charge >= 0.3 is 11.9 Å². The molecule has 4 nitrogen and oxygen atoms in total. The number of esters is 2. The third-order valence-corrected chi connectivity index (χ3v) is 3.72. The largest absolute Gasteiger partial charge is 0.461 e. The Hall–Kier alpha value is -3.04. The number of hydrogen-bond acceptors (Lipinski definition) is 4. The zero-order chi connectivity index (χ0) is 21.6. The summed E-state index contributed by atoms with van der Waals surface area (Å²) in [5.41, 5.74) is -0.713. The molecular formula is C19H14F6O4. The summed E-state index contributed by atoms with van der Waals surface area (Å²) in [6.07, 6.45) is -0.557. The highest BCUT2D eigenvalue weighted by Crippen LogP contribution is 2.16. The molecule has 0 saturated carbocycles. The monoisotopic (exact) mass is 420 g/mol. The fourth-order valence-electron chi connectivity index (χ4n) is 2.19. The molecule has 2 aromatic rings. The van der Waals surface area contributed by atoms with E-state index < -0.39 is 60.1 Å². The van der Waals surface area contributed by atoms with Gasteiger partial charge in [-0.15, -0.1) is 0 Å². The van der Waals surface area contributed by atoms with Crippen LogP contribution in [0.4, 0.5) is 26.3 Å². The summed E-state index contributed by atoms with van der Waals surface area (Å²) in [7, 11) is 0. The SMILES string of the molecule is O=C(CCCC(=O)OCc1cc(F)c(F)cc1F)OCc1cc(F)c(F)cc1F. The molecule has 2 rings (SSSR count). The van der Waals surface area contributed by atoms with Crippen LogP contribution in [-0.4, -0.2) is 11.9 Å². The van der Waals surface area contributed by atoms with Crippen molar-refractivity contribution in [3.63, 3.8) is 0 Å². The van der Waals surface area contributed by atoms with Crippen LogP contribution in [0.5, 0.6) is 0 Å². The molecule has 0 N–H and O–H groups in total. The Morgan fingerprint density at radius 1 is 0.586 bits per heavy atom. The van der Waals surface area contributed by atoms with Gasteiger partial charge in [0.25, 0.3) is 0 Å². The number of carbonyl (C=O) groups excluding carboxylic acids is 2. The van der Waals surface area contributed by atoms with Gasteiger partial charge in [0.15, 0.2) is 23.3 Å². The highest BCUT2D eigenvalue weighted by molar-refractivity contribution is 5.72. The predicted molar refractivity (Wildman–Crippen MR) is 86.1 cm³/mol. The van der Waals surface area contributed by atoms with E-state index in [2.05, 4.69) is 0 Å². The van der Waals surface area contributed by atoms with E-state index in [0.717, 1.165) is 0 Å². The number of carbonyl (C=O) groups is 2. The van der Waals surface area contributed by atoms with Crippen LogP contribution in [0.3, 0.4) is 0 Å². The molecule has 0 aliphatic heterocycles. The van der Waals surface area contributed by atoms with E-state index in [1.165, 1.54) is 0 Å². The quantitative estimate of drug-likeness (QED) is 0.359. The molecular weight excluding hydrogens is 406 g/mol. The molecule has 0 bridgehead atoms. The first-order valence-electron chi connectivity index (χ1n) is 8.25. The average Bonchev–Trinajstić information content (AvgIpc) is 2.65. The Morgan fingerprint density at radius 2 is 0.931 bits per heavy atom. The van der Waals surface area contributed by atoms with Gasteiger partial charge in [-0.25, -0.2) is 26.3 Å². The Bertz CT molecular complexity index is 843. The maximum Gasteiger partial charge on any atom is 0.306 e. The van der Waals surface area contributed by atoms with Crippen molar-refractivity contribution in [1.82, 2.24) is 0 Å². The minimum atomic E-state index is -1.38. The van der Waals surface area contributed by atoms with Gasteiger partial charge < -0.3 is 9.47 Å². The summed E-state index contributed by atoms with van der Waals surface area (Å²) in [5.74, 6) is -9.15. The number of benzene rings is 2. The van der Waals surface area contributed by atoms with Gasteiger partial charge in [0.2, 0.25) is 0 Å². The van der Waals surface area contributed by atoms with Crippen molar-refractivity contribution >= 4 is 11.9 Å². The van der Waals surface area contributed by atoms with Gasteiger partial charge in [-0.2, -0.15) is 0 Å². The molecule has 0 saturated heterocycles. The van der Waals surface area contributed by atoms with Gasteiger partial charge in [0.1, 0.15) is 24.8 Å². The third kappa shape index (κ3) is 6.51. The fourth-order valence-corrected chi connectivity index (χ4v) is 2.19. The highest BCUT2D eigenvalue weighted by Gasteiger charge is 2.14. The fraction of sp³-hybridized carbons (Fsp3) is 0.263. The molecule has 0 fully saturated rings. The number of ether oxygens (including phenoxy) is 2. The van der Waals surface area contributed by atoms with Gasteiger partial charge in [-0.05, 0) is 18.6 Å². The number of halogens is 6. The molecule has 0 spiro atoms. The lowest BCUT2D eigenvalue weighted by Gasteiger charge is -2.08. The van der Waals surface area contributed by atoms with Gasteiger partial charge in [-0.3, -0.25) is 9.59 Å². The van der Waals surface area contributed by atoms with E-state index in [1.54, 1.807) is 0 Å². The molecule has 156 valence electrons. The highest BCUT2D eigenvalue weighted by atomic mass is 19.2. The van der Waals surface area contributed by atoms with Crippen molar-refractivity contribution in [1.29, 1.82) is 0 Å². The van der Waals surface area contributed by atoms with Crippen molar-refractivity contribution in [2.24, 2.45) is 0 Å². The topological polar surface area (TPSA) is 52.6 Å². The average molecular weight is 420 g/mol. The number of rotatable bonds is 8. The van der Waals surface area contributed by atoms with Crippen molar-refractivity contribution in [2.75, 3.05) is 0 Å². The van der Waals surface area contributed by atoms with Crippen LogP contribution >= 0.6 is 0 Å². The smallest absolute Gasteiger partial charge is 0.306 e. The van der Waals surface area contributed by atoms with Crippen LogP contribution in [0, 0.1) is 34.9 Å². The Morgan fingerprint density at radius 3 is 1.31 bits per heavy atom. The Kier molecular flexibility index (Phi) is 7.63. The summed E-state index contributed by atoms with van der Waals surface area (Å²) in [6, 6.07) is 1.77. The Balaban J connectivity index is 1.71. The molecule has 2 aromatic carbocycles. The van der Waals surface area contributed by atoms with Crippen LogP contribution < -0.4 is 0 Å². The zero-order valence-corrected chi connectivity index (χ0v) is 14.7. The second kappa shape index (κ2) is 9.94. The number of hydrogen-bond donors (Lipinski definition) is 0. The van der Waals surface area contributed by atoms with Crippen molar-refractivity contribution < 1.29 is 45.4 Å². The van der Waals surface area contributed by atoms with E-state index >= 15 is 0 Å². The third-order valence-electron chi connectivity index (χ3n) is 3.72. The first-order chi connectivity index (χ1) is 13.7. The summed E-state index contributed by atoms with van der Waals surface area (Å²) in [6.45, 7) is -1.25. The molecule has 0 amide bonds. The standard InChI is InChI=1S/C19H14F6O4/c20-12-6-16(24)14(22)4-10(12)8-28-18(26)2-1-3-19(27)29-9-11-5-15(23)17(25)7-13(11)21/h4-7H,1-3,8-9H2. The minimum absolute atomic E-state index is 0.0296. The van der Waals surface area contributed by atoms with E-state index in [9.17, 15) is 35.9 Å².